The highest BCUT2D eigenvalue weighted by atomic mass is 32.1. The van der Waals surface area contributed by atoms with Crippen LogP contribution in [0, 0.1) is 11.8 Å². The molecule has 49 heavy (non-hydrogen) atoms. The Hall–Kier alpha value is -1.30. The first-order valence-electron chi connectivity index (χ1n) is 18.1. The lowest BCUT2D eigenvalue weighted by Gasteiger charge is -2.43. The summed E-state index contributed by atoms with van der Waals surface area (Å²) in [4.78, 5) is 19.8. The lowest BCUT2D eigenvalue weighted by atomic mass is 9.79. The van der Waals surface area contributed by atoms with Gasteiger partial charge in [0.2, 0.25) is 0 Å². The lowest BCUT2D eigenvalue weighted by Crippen LogP contribution is -2.59. The third-order valence-corrected chi connectivity index (χ3v) is 11.2. The van der Waals surface area contributed by atoms with E-state index in [9.17, 15) is 30.3 Å². The number of ether oxygens (including phenoxy) is 3. The molecule has 284 valence electrons. The highest BCUT2D eigenvalue weighted by Gasteiger charge is 2.48. The number of hydrogen-bond acceptors (Lipinski definition) is 14. The highest BCUT2D eigenvalue weighted by Crippen LogP contribution is 2.35. The van der Waals surface area contributed by atoms with Gasteiger partial charge in [-0.3, -0.25) is 9.69 Å². The number of aliphatic hydroxyl groups is 5. The van der Waals surface area contributed by atoms with Gasteiger partial charge in [-0.15, -0.1) is 11.3 Å². The summed E-state index contributed by atoms with van der Waals surface area (Å²) in [6.07, 6.45) is -1.88. The van der Waals surface area contributed by atoms with Crippen molar-refractivity contribution in [1.82, 2.24) is 20.5 Å². The second-order valence-electron chi connectivity index (χ2n) is 14.6. The Morgan fingerprint density at radius 2 is 1.80 bits per heavy atom. The molecule has 7 N–H and O–H groups in total. The Bertz CT molecular complexity index is 1100. The zero-order valence-corrected chi connectivity index (χ0v) is 31.4. The maximum Gasteiger partial charge on any atom is 0.311 e. The van der Waals surface area contributed by atoms with Gasteiger partial charge in [-0.25, -0.2) is 4.98 Å². The van der Waals surface area contributed by atoms with Crippen molar-refractivity contribution in [3.8, 4) is 0 Å². The van der Waals surface area contributed by atoms with E-state index in [0.29, 0.717) is 32.4 Å². The molecule has 2 fully saturated rings. The number of aromatic nitrogens is 1. The van der Waals surface area contributed by atoms with Gasteiger partial charge in [0.15, 0.2) is 6.29 Å². The van der Waals surface area contributed by atoms with Crippen LogP contribution in [0.25, 0.3) is 0 Å². The standard InChI is InChI=1S/C35H64N4O9S/c1-8-27-35(7,45)30(42)25(5)39(19-10-14-36-15-16-37-21-28-38-17-20-49-28)18-9-13-34(6,44)31(23(3)29(41)24(4)32(43)47-27)48-33-26(40)12-11-22(2)46-33/h17,20,22-27,29-31,33,36-37,40-42,44-45H,8-16,18-19,21H2,1-7H3/t22-,23+,24-,25-,26-,27-,29+,30-,31-,33+,34?,35-/m1/s1. The van der Waals surface area contributed by atoms with E-state index in [1.54, 1.807) is 38.3 Å². The van der Waals surface area contributed by atoms with Crippen molar-refractivity contribution in [3.63, 3.8) is 0 Å². The van der Waals surface area contributed by atoms with Crippen molar-refractivity contribution in [2.45, 2.75) is 154 Å². The summed E-state index contributed by atoms with van der Waals surface area (Å²) in [5.74, 6) is -2.53. The average Bonchev–Trinajstić information content (AvgIpc) is 3.59. The number of hydrogen-bond donors (Lipinski definition) is 7. The summed E-state index contributed by atoms with van der Waals surface area (Å²) in [7, 11) is 0. The van der Waals surface area contributed by atoms with Crippen LogP contribution in [0.5, 0.6) is 0 Å². The number of rotatable bonds is 12. The highest BCUT2D eigenvalue weighted by molar-refractivity contribution is 7.09. The molecule has 1 aromatic heterocycles. The molecule has 1 aromatic rings. The van der Waals surface area contributed by atoms with Gasteiger partial charge < -0.3 is 50.4 Å². The Balaban J connectivity index is 1.78. The molecule has 0 spiro atoms. The summed E-state index contributed by atoms with van der Waals surface area (Å²) < 4.78 is 18.0. The minimum absolute atomic E-state index is 0.149. The zero-order chi connectivity index (χ0) is 36.4. The first-order chi connectivity index (χ1) is 23.1. The minimum Gasteiger partial charge on any atom is -0.459 e. The monoisotopic (exact) mass is 716 g/mol. The molecule has 12 atom stereocenters. The largest absolute Gasteiger partial charge is 0.459 e. The van der Waals surface area contributed by atoms with E-state index in [-0.39, 0.29) is 18.9 Å². The van der Waals surface area contributed by atoms with Gasteiger partial charge in [0, 0.05) is 43.2 Å². The van der Waals surface area contributed by atoms with Crippen LogP contribution in [-0.4, -0.2) is 134 Å². The molecule has 2 aliphatic rings. The molecule has 2 aliphatic heterocycles. The summed E-state index contributed by atoms with van der Waals surface area (Å²) in [6.45, 7) is 16.1. The zero-order valence-electron chi connectivity index (χ0n) is 30.6. The first kappa shape index (κ1) is 42.1. The van der Waals surface area contributed by atoms with Crippen LogP contribution in [0.2, 0.25) is 0 Å². The molecule has 0 amide bonds. The predicted molar refractivity (Wildman–Crippen MR) is 188 cm³/mol. The van der Waals surface area contributed by atoms with E-state index in [1.807, 2.05) is 19.2 Å². The van der Waals surface area contributed by atoms with E-state index in [4.69, 9.17) is 14.2 Å². The van der Waals surface area contributed by atoms with Crippen LogP contribution >= 0.6 is 11.3 Å². The molecule has 0 aliphatic carbocycles. The third-order valence-electron chi connectivity index (χ3n) is 10.4. The molecule has 3 heterocycles. The molecule has 0 aromatic carbocycles. The molecule has 14 heteroatoms. The molecule has 0 bridgehead atoms. The van der Waals surface area contributed by atoms with E-state index in [1.165, 1.54) is 13.8 Å². The topological polar surface area (TPSA) is 186 Å². The minimum atomic E-state index is -1.78. The maximum atomic E-state index is 13.4. The fourth-order valence-corrected chi connectivity index (χ4v) is 7.68. The Morgan fingerprint density at radius 1 is 1.08 bits per heavy atom. The number of esters is 1. The number of nitrogens with zero attached hydrogens (tertiary/aromatic N) is 2. The number of thiazole rings is 1. The van der Waals surface area contributed by atoms with Crippen molar-refractivity contribution in [2.24, 2.45) is 11.8 Å². The van der Waals surface area contributed by atoms with Gasteiger partial charge >= 0.3 is 5.97 Å². The average molecular weight is 717 g/mol. The number of aliphatic hydroxyl groups excluding tert-OH is 3. The van der Waals surface area contributed by atoms with Gasteiger partial charge in [-0.2, -0.15) is 0 Å². The summed E-state index contributed by atoms with van der Waals surface area (Å²) in [5, 5.41) is 67.2. The summed E-state index contributed by atoms with van der Waals surface area (Å²) in [5.41, 5.74) is -3.26. The Morgan fingerprint density at radius 3 is 2.47 bits per heavy atom. The predicted octanol–water partition coefficient (Wildman–Crippen LogP) is 1.79. The molecule has 3 rings (SSSR count). The van der Waals surface area contributed by atoms with Crippen LogP contribution < -0.4 is 10.6 Å². The van der Waals surface area contributed by atoms with Crippen molar-refractivity contribution in [3.05, 3.63) is 16.6 Å². The quantitative estimate of drug-likeness (QED) is 0.123. The lowest BCUT2D eigenvalue weighted by molar-refractivity contribution is -0.288. The molecular weight excluding hydrogens is 652 g/mol. The third kappa shape index (κ3) is 11.9. The summed E-state index contributed by atoms with van der Waals surface area (Å²) >= 11 is 1.62. The molecule has 1 unspecified atom stereocenters. The molecule has 0 saturated carbocycles. The Labute approximate surface area is 296 Å². The van der Waals surface area contributed by atoms with Gasteiger partial charge in [0.25, 0.3) is 0 Å². The van der Waals surface area contributed by atoms with E-state index < -0.39 is 71.9 Å². The van der Waals surface area contributed by atoms with Crippen molar-refractivity contribution in [2.75, 3.05) is 32.7 Å². The van der Waals surface area contributed by atoms with E-state index in [0.717, 1.165) is 37.6 Å². The second-order valence-corrected chi connectivity index (χ2v) is 15.6. The second kappa shape index (κ2) is 19.5. The van der Waals surface area contributed by atoms with Gasteiger partial charge in [-0.05, 0) is 92.8 Å². The normalized spacial score (nSPS) is 39.2. The fraction of sp³-hybridized carbons (Fsp3) is 0.886. The number of carbonyl (C=O) groups is 1. The van der Waals surface area contributed by atoms with E-state index >= 15 is 0 Å². The van der Waals surface area contributed by atoms with Crippen molar-refractivity contribution in [1.29, 1.82) is 0 Å². The number of nitrogens with one attached hydrogen (secondary N) is 2. The van der Waals surface area contributed by atoms with Crippen LogP contribution in [0.4, 0.5) is 0 Å². The summed E-state index contributed by atoms with van der Waals surface area (Å²) in [6, 6.07) is -0.515. The molecule has 2 saturated heterocycles. The smallest absolute Gasteiger partial charge is 0.311 e. The number of carbonyl (C=O) groups excluding carboxylic acids is 1. The molecular formula is C35H64N4O9S. The van der Waals surface area contributed by atoms with Crippen LogP contribution in [-0.2, 0) is 25.5 Å². The van der Waals surface area contributed by atoms with Crippen molar-refractivity contribution >= 4 is 17.3 Å². The first-order valence-corrected chi connectivity index (χ1v) is 19.0. The van der Waals surface area contributed by atoms with E-state index in [2.05, 4.69) is 20.5 Å². The SMILES string of the molecule is CC[C@H]1OC(=O)[C@H](C)[C@@H](O)[C@H](C)[C@@H](O[C@@H]2O[C@H](C)CC[C@H]2O)C(C)(O)CCCN(CCCNCCNCc2nccs2)[C@H](C)[C@@H](O)[C@]1(C)O. The van der Waals surface area contributed by atoms with Crippen LogP contribution in [0.15, 0.2) is 11.6 Å². The van der Waals surface area contributed by atoms with Gasteiger partial charge in [0.05, 0.1) is 29.8 Å². The van der Waals surface area contributed by atoms with Gasteiger partial charge in [-0.1, -0.05) is 13.8 Å². The van der Waals surface area contributed by atoms with Gasteiger partial charge in [0.1, 0.15) is 28.9 Å². The van der Waals surface area contributed by atoms with Crippen molar-refractivity contribution < 1.29 is 44.5 Å². The van der Waals surface area contributed by atoms with Crippen LogP contribution in [0.3, 0.4) is 0 Å². The number of cyclic esters (lactones) is 1. The van der Waals surface area contributed by atoms with Crippen LogP contribution in [0.1, 0.15) is 92.0 Å². The maximum absolute atomic E-state index is 13.4. The fourth-order valence-electron chi connectivity index (χ4n) is 7.10. The molecule has 13 nitrogen and oxygen atoms in total. The Kier molecular flexibility index (Phi) is 16.8. The molecule has 0 radical (unpaired) electrons.